The molecular formula is C18H21NO2. The van der Waals surface area contributed by atoms with Gasteiger partial charge in [0.15, 0.2) is 5.78 Å². The fourth-order valence-corrected chi connectivity index (χ4v) is 2.13. The molecule has 0 fully saturated rings. The number of carbonyl (C=O) groups excluding carboxylic acids is 1. The third-order valence-electron chi connectivity index (χ3n) is 3.18. The molecule has 0 bridgehead atoms. The van der Waals surface area contributed by atoms with Crippen LogP contribution in [0.25, 0.3) is 0 Å². The molecular weight excluding hydrogens is 262 g/mol. The Morgan fingerprint density at radius 1 is 1.05 bits per heavy atom. The first-order valence-electron chi connectivity index (χ1n) is 7.16. The number of hydrogen-bond donors (Lipinski definition) is 1. The van der Waals surface area contributed by atoms with Crippen molar-refractivity contribution in [1.82, 2.24) is 0 Å². The molecule has 1 unspecified atom stereocenters. The van der Waals surface area contributed by atoms with Crippen LogP contribution in [0.15, 0.2) is 54.6 Å². The first kappa shape index (κ1) is 15.3. The number of rotatable bonds is 6. The lowest BCUT2D eigenvalue weighted by Crippen LogP contribution is -2.15. The highest BCUT2D eigenvalue weighted by molar-refractivity contribution is 5.96. The predicted octanol–water partition coefficient (Wildman–Crippen LogP) is 3.75. The van der Waals surface area contributed by atoms with Crippen LogP contribution in [0.4, 0.5) is 0 Å². The molecule has 0 saturated carbocycles. The van der Waals surface area contributed by atoms with Crippen LogP contribution in [0.3, 0.4) is 0 Å². The van der Waals surface area contributed by atoms with Crippen LogP contribution in [0.1, 0.15) is 42.2 Å². The van der Waals surface area contributed by atoms with E-state index < -0.39 is 0 Å². The van der Waals surface area contributed by atoms with E-state index in [9.17, 15) is 4.79 Å². The van der Waals surface area contributed by atoms with Gasteiger partial charge in [-0.2, -0.15) is 0 Å². The molecule has 0 radical (unpaired) electrons. The average Bonchev–Trinajstić information content (AvgIpc) is 2.48. The molecule has 0 aliphatic rings. The Hall–Kier alpha value is -2.13. The van der Waals surface area contributed by atoms with Crippen molar-refractivity contribution in [3.05, 3.63) is 65.7 Å². The van der Waals surface area contributed by atoms with E-state index in [1.54, 1.807) is 12.1 Å². The quantitative estimate of drug-likeness (QED) is 0.821. The van der Waals surface area contributed by atoms with E-state index >= 15 is 0 Å². The van der Waals surface area contributed by atoms with Crippen LogP contribution in [-0.4, -0.2) is 11.9 Å². The van der Waals surface area contributed by atoms with E-state index in [2.05, 4.69) is 0 Å². The Labute approximate surface area is 125 Å². The molecule has 0 aliphatic carbocycles. The van der Waals surface area contributed by atoms with Crippen molar-refractivity contribution in [1.29, 1.82) is 0 Å². The topological polar surface area (TPSA) is 52.3 Å². The molecule has 0 aliphatic heterocycles. The normalized spacial score (nSPS) is 12.2. The van der Waals surface area contributed by atoms with Gasteiger partial charge >= 0.3 is 0 Å². The molecule has 21 heavy (non-hydrogen) atoms. The Morgan fingerprint density at radius 3 is 2.24 bits per heavy atom. The molecule has 110 valence electrons. The zero-order valence-corrected chi connectivity index (χ0v) is 12.5. The molecule has 0 heterocycles. The maximum absolute atomic E-state index is 12.2. The van der Waals surface area contributed by atoms with Crippen molar-refractivity contribution in [3.63, 3.8) is 0 Å². The summed E-state index contributed by atoms with van der Waals surface area (Å²) in [5, 5.41) is 0. The highest BCUT2D eigenvalue weighted by Gasteiger charge is 2.13. The van der Waals surface area contributed by atoms with Crippen LogP contribution in [0.5, 0.6) is 5.75 Å². The minimum Gasteiger partial charge on any atom is -0.491 e. The zero-order chi connectivity index (χ0) is 15.2. The molecule has 3 heteroatoms. The number of carbonyl (C=O) groups is 1. The average molecular weight is 283 g/mol. The van der Waals surface area contributed by atoms with Crippen molar-refractivity contribution in [3.8, 4) is 5.75 Å². The van der Waals surface area contributed by atoms with Gasteiger partial charge in [0.2, 0.25) is 0 Å². The third kappa shape index (κ3) is 4.43. The minimum atomic E-state index is -0.273. The fraction of sp³-hybridized carbons (Fsp3) is 0.278. The second-order valence-corrected chi connectivity index (χ2v) is 5.34. The largest absolute Gasteiger partial charge is 0.491 e. The van der Waals surface area contributed by atoms with Crippen LogP contribution < -0.4 is 10.5 Å². The number of ether oxygens (including phenoxy) is 1. The van der Waals surface area contributed by atoms with Crippen molar-refractivity contribution in [2.45, 2.75) is 32.4 Å². The van der Waals surface area contributed by atoms with Gasteiger partial charge in [-0.05, 0) is 43.7 Å². The second kappa shape index (κ2) is 7.04. The van der Waals surface area contributed by atoms with E-state index in [0.29, 0.717) is 12.0 Å². The summed E-state index contributed by atoms with van der Waals surface area (Å²) >= 11 is 0. The van der Waals surface area contributed by atoms with Crippen molar-refractivity contribution >= 4 is 5.78 Å². The molecule has 2 aromatic rings. The van der Waals surface area contributed by atoms with Crippen molar-refractivity contribution in [2.24, 2.45) is 5.73 Å². The molecule has 0 saturated heterocycles. The minimum absolute atomic E-state index is 0.0439. The second-order valence-electron chi connectivity index (χ2n) is 5.34. The first-order valence-corrected chi connectivity index (χ1v) is 7.16. The Bertz CT molecular complexity index is 576. The third-order valence-corrected chi connectivity index (χ3v) is 3.18. The summed E-state index contributed by atoms with van der Waals surface area (Å²) in [5.41, 5.74) is 7.73. The van der Waals surface area contributed by atoms with Crippen molar-refractivity contribution < 1.29 is 9.53 Å². The maximum atomic E-state index is 12.2. The van der Waals surface area contributed by atoms with Crippen LogP contribution in [0.2, 0.25) is 0 Å². The highest BCUT2D eigenvalue weighted by atomic mass is 16.5. The monoisotopic (exact) mass is 283 g/mol. The maximum Gasteiger partial charge on any atom is 0.164 e. The highest BCUT2D eigenvalue weighted by Crippen LogP contribution is 2.19. The van der Waals surface area contributed by atoms with Crippen molar-refractivity contribution in [2.75, 3.05) is 0 Å². The van der Waals surface area contributed by atoms with Gasteiger partial charge < -0.3 is 10.5 Å². The standard InChI is InChI=1S/C18H21NO2/c1-13(2)21-16-10-8-15(9-11-16)18(20)12-17(19)14-6-4-3-5-7-14/h3-11,13,17H,12,19H2,1-2H3. The molecule has 0 amide bonds. The van der Waals surface area contributed by atoms with Crippen LogP contribution in [-0.2, 0) is 0 Å². The number of benzene rings is 2. The lowest BCUT2D eigenvalue weighted by molar-refractivity contribution is 0.0974. The zero-order valence-electron chi connectivity index (χ0n) is 12.5. The van der Waals surface area contributed by atoms with Gasteiger partial charge in [-0.1, -0.05) is 30.3 Å². The van der Waals surface area contributed by atoms with Crippen LogP contribution in [0, 0.1) is 0 Å². The Kier molecular flexibility index (Phi) is 5.12. The lowest BCUT2D eigenvalue weighted by atomic mass is 9.99. The lowest BCUT2D eigenvalue weighted by Gasteiger charge is -2.12. The molecule has 2 rings (SSSR count). The summed E-state index contributed by atoms with van der Waals surface area (Å²) in [5.74, 6) is 0.816. The molecule has 0 spiro atoms. The number of ketones is 1. The van der Waals surface area contributed by atoms with Gasteiger partial charge in [0.05, 0.1) is 6.10 Å². The van der Waals surface area contributed by atoms with Crippen LogP contribution >= 0.6 is 0 Å². The van der Waals surface area contributed by atoms with E-state index in [1.165, 1.54) is 0 Å². The van der Waals surface area contributed by atoms with E-state index in [0.717, 1.165) is 11.3 Å². The number of nitrogens with two attached hydrogens (primary N) is 1. The summed E-state index contributed by atoms with van der Waals surface area (Å²) in [4.78, 5) is 12.2. The van der Waals surface area contributed by atoms with Gasteiger partial charge in [0.1, 0.15) is 5.75 Å². The van der Waals surface area contributed by atoms with Gasteiger partial charge in [0.25, 0.3) is 0 Å². The summed E-state index contributed by atoms with van der Waals surface area (Å²) in [6.45, 7) is 3.94. The molecule has 1 atom stereocenters. The molecule has 0 aromatic heterocycles. The van der Waals surface area contributed by atoms with E-state index in [4.69, 9.17) is 10.5 Å². The van der Waals surface area contributed by atoms with E-state index in [-0.39, 0.29) is 17.9 Å². The Morgan fingerprint density at radius 2 is 1.67 bits per heavy atom. The molecule has 2 N–H and O–H groups in total. The smallest absolute Gasteiger partial charge is 0.164 e. The fourth-order valence-electron chi connectivity index (χ4n) is 2.13. The molecule has 2 aromatic carbocycles. The summed E-state index contributed by atoms with van der Waals surface area (Å²) < 4.78 is 5.56. The van der Waals surface area contributed by atoms with Gasteiger partial charge in [-0.25, -0.2) is 0 Å². The van der Waals surface area contributed by atoms with Gasteiger partial charge in [0, 0.05) is 18.0 Å². The number of Topliss-reactive ketones (excluding diaryl/α,β-unsaturated/α-hetero) is 1. The first-order chi connectivity index (χ1) is 10.1. The van der Waals surface area contributed by atoms with Gasteiger partial charge in [-0.15, -0.1) is 0 Å². The SMILES string of the molecule is CC(C)Oc1ccc(C(=O)CC(N)c2ccccc2)cc1. The van der Waals surface area contributed by atoms with Gasteiger partial charge in [-0.3, -0.25) is 4.79 Å². The summed E-state index contributed by atoms with van der Waals surface area (Å²) in [7, 11) is 0. The van der Waals surface area contributed by atoms with E-state index in [1.807, 2.05) is 56.3 Å². The summed E-state index contributed by atoms with van der Waals surface area (Å²) in [6, 6.07) is 16.6. The predicted molar refractivity (Wildman–Crippen MR) is 84.5 cm³/mol. The molecule has 3 nitrogen and oxygen atoms in total. The Balaban J connectivity index is 2.00. The summed E-state index contributed by atoms with van der Waals surface area (Å²) in [6.07, 6.45) is 0.423. The number of hydrogen-bond acceptors (Lipinski definition) is 3.